The predicted octanol–water partition coefficient (Wildman–Crippen LogP) is 3.35. The number of ether oxygens (including phenoxy) is 1. The zero-order valence-electron chi connectivity index (χ0n) is 11.6. The van der Waals surface area contributed by atoms with Gasteiger partial charge >= 0.3 is 0 Å². The lowest BCUT2D eigenvalue weighted by atomic mass is 9.93. The van der Waals surface area contributed by atoms with Gasteiger partial charge in [-0.2, -0.15) is 0 Å². The molecule has 3 rings (SSSR count). The van der Waals surface area contributed by atoms with Crippen LogP contribution in [0.15, 0.2) is 30.5 Å². The maximum Gasteiger partial charge on any atom is 0.167 e. The summed E-state index contributed by atoms with van der Waals surface area (Å²) in [5.41, 5.74) is 9.33. The van der Waals surface area contributed by atoms with Crippen molar-refractivity contribution in [3.05, 3.63) is 47.5 Å². The first-order valence-corrected chi connectivity index (χ1v) is 7.09. The minimum absolute atomic E-state index is 0.104. The molecule has 3 nitrogen and oxygen atoms in total. The molecule has 0 saturated carbocycles. The molecule has 2 N–H and O–H groups in total. The number of hydrogen-bond acceptors (Lipinski definition) is 2. The molecule has 4 heteroatoms. The van der Waals surface area contributed by atoms with Crippen LogP contribution in [0.3, 0.4) is 0 Å². The van der Waals surface area contributed by atoms with Gasteiger partial charge < -0.3 is 15.0 Å². The first-order valence-electron chi connectivity index (χ1n) is 7.09. The maximum absolute atomic E-state index is 14.0. The minimum Gasteiger partial charge on any atom is -0.491 e. The summed E-state index contributed by atoms with van der Waals surface area (Å²) >= 11 is 0. The molecule has 1 heterocycles. The molecule has 1 unspecified atom stereocenters. The van der Waals surface area contributed by atoms with Crippen molar-refractivity contribution in [2.45, 2.75) is 32.2 Å². The topological polar surface area (TPSA) is 40.2 Å². The number of rotatable bonds is 3. The number of aromatic nitrogens is 1. The molecule has 0 fully saturated rings. The third-order valence-corrected chi connectivity index (χ3v) is 3.85. The lowest BCUT2D eigenvalue weighted by molar-refractivity contribution is 0.321. The van der Waals surface area contributed by atoms with E-state index in [1.807, 2.05) is 29.8 Å². The number of hydrogen-bond donors (Lipinski definition) is 1. The monoisotopic (exact) mass is 274 g/mol. The summed E-state index contributed by atoms with van der Waals surface area (Å²) in [4.78, 5) is 0. The van der Waals surface area contributed by atoms with E-state index >= 15 is 0 Å². The fourth-order valence-corrected chi connectivity index (χ4v) is 2.88. The molecule has 1 aromatic carbocycles. The Balaban J connectivity index is 1.99. The lowest BCUT2D eigenvalue weighted by Gasteiger charge is -2.21. The van der Waals surface area contributed by atoms with Crippen molar-refractivity contribution in [2.24, 2.45) is 5.73 Å². The molecule has 1 aliphatic carbocycles. The molecular formula is C16H19FN2O. The van der Waals surface area contributed by atoms with Crippen molar-refractivity contribution in [3.63, 3.8) is 0 Å². The van der Waals surface area contributed by atoms with E-state index in [1.165, 1.54) is 17.3 Å². The summed E-state index contributed by atoms with van der Waals surface area (Å²) in [6.45, 7) is 2.31. The average molecular weight is 274 g/mol. The van der Waals surface area contributed by atoms with Crippen molar-refractivity contribution < 1.29 is 9.13 Å². The molecule has 1 atom stereocenters. The largest absolute Gasteiger partial charge is 0.491 e. The van der Waals surface area contributed by atoms with E-state index in [1.54, 1.807) is 6.07 Å². The van der Waals surface area contributed by atoms with Crippen LogP contribution in [0, 0.1) is 5.82 Å². The summed E-state index contributed by atoms with van der Waals surface area (Å²) in [6, 6.07) is 7.24. The van der Waals surface area contributed by atoms with E-state index in [2.05, 4.69) is 0 Å². The van der Waals surface area contributed by atoms with E-state index < -0.39 is 0 Å². The molecule has 0 amide bonds. The highest BCUT2D eigenvalue weighted by Gasteiger charge is 2.21. The standard InChI is InChI=1S/C16H19FN2O/c1-2-20-16-7-6-11(10-13(16)17)19-9-8-12-14(18)4-3-5-15(12)19/h6-10,14H,2-5,18H2,1H3. The molecule has 0 aliphatic heterocycles. The van der Waals surface area contributed by atoms with Crippen molar-refractivity contribution in [1.82, 2.24) is 4.57 Å². The van der Waals surface area contributed by atoms with E-state index in [4.69, 9.17) is 10.5 Å². The predicted molar refractivity (Wildman–Crippen MR) is 76.8 cm³/mol. The smallest absolute Gasteiger partial charge is 0.167 e. The average Bonchev–Trinajstić information content (AvgIpc) is 2.87. The Morgan fingerprint density at radius 2 is 2.25 bits per heavy atom. The van der Waals surface area contributed by atoms with Gasteiger partial charge in [0.25, 0.3) is 0 Å². The van der Waals surface area contributed by atoms with Crippen LogP contribution in [0.25, 0.3) is 5.69 Å². The number of benzene rings is 1. The third kappa shape index (κ3) is 2.20. The van der Waals surface area contributed by atoms with Gasteiger partial charge in [0, 0.05) is 29.7 Å². The Hall–Kier alpha value is -1.81. The summed E-state index contributed by atoms with van der Waals surface area (Å²) in [6.07, 6.45) is 5.07. The lowest BCUT2D eigenvalue weighted by Crippen LogP contribution is -2.17. The Kier molecular flexibility index (Phi) is 3.49. The van der Waals surface area contributed by atoms with Gasteiger partial charge in [-0.25, -0.2) is 4.39 Å². The van der Waals surface area contributed by atoms with Gasteiger partial charge in [0.05, 0.1) is 6.61 Å². The third-order valence-electron chi connectivity index (χ3n) is 3.85. The van der Waals surface area contributed by atoms with E-state index in [0.29, 0.717) is 12.4 Å². The highest BCUT2D eigenvalue weighted by Crippen LogP contribution is 2.31. The van der Waals surface area contributed by atoms with E-state index in [-0.39, 0.29) is 11.9 Å². The fraction of sp³-hybridized carbons (Fsp3) is 0.375. The van der Waals surface area contributed by atoms with Crippen LogP contribution < -0.4 is 10.5 Å². The SMILES string of the molecule is CCOc1ccc(-n2ccc3c2CCCC3N)cc1F. The van der Waals surface area contributed by atoms with Gasteiger partial charge in [-0.05, 0) is 49.9 Å². The number of fused-ring (bicyclic) bond motifs is 1. The highest BCUT2D eigenvalue weighted by molar-refractivity contribution is 5.43. The summed E-state index contributed by atoms with van der Waals surface area (Å²) in [5.74, 6) is -0.0270. The number of halogens is 1. The molecule has 0 saturated heterocycles. The van der Waals surface area contributed by atoms with Gasteiger partial charge in [-0.15, -0.1) is 0 Å². The van der Waals surface area contributed by atoms with Gasteiger partial charge in [0.15, 0.2) is 11.6 Å². The van der Waals surface area contributed by atoms with Crippen LogP contribution in [0.4, 0.5) is 4.39 Å². The van der Waals surface area contributed by atoms with E-state index in [9.17, 15) is 4.39 Å². The Labute approximate surface area is 118 Å². The molecule has 0 radical (unpaired) electrons. The Morgan fingerprint density at radius 1 is 1.40 bits per heavy atom. The molecule has 106 valence electrons. The van der Waals surface area contributed by atoms with E-state index in [0.717, 1.165) is 24.9 Å². The summed E-state index contributed by atoms with van der Waals surface area (Å²) in [5, 5.41) is 0. The first kappa shape index (κ1) is 13.2. The van der Waals surface area contributed by atoms with Crippen molar-refractivity contribution in [1.29, 1.82) is 0 Å². The molecule has 1 aromatic heterocycles. The second kappa shape index (κ2) is 5.29. The van der Waals surface area contributed by atoms with Gasteiger partial charge in [-0.1, -0.05) is 0 Å². The zero-order chi connectivity index (χ0) is 14.1. The van der Waals surface area contributed by atoms with Crippen molar-refractivity contribution in [3.8, 4) is 11.4 Å². The normalized spacial score (nSPS) is 17.9. The van der Waals surface area contributed by atoms with Gasteiger partial charge in [0.2, 0.25) is 0 Å². The molecule has 2 aromatic rings. The molecule has 1 aliphatic rings. The molecule has 20 heavy (non-hydrogen) atoms. The number of nitrogens with two attached hydrogens (primary N) is 1. The Morgan fingerprint density at radius 3 is 3.00 bits per heavy atom. The van der Waals surface area contributed by atoms with Gasteiger partial charge in [-0.3, -0.25) is 0 Å². The van der Waals surface area contributed by atoms with Crippen LogP contribution in [0.5, 0.6) is 5.75 Å². The van der Waals surface area contributed by atoms with Crippen LogP contribution in [-0.4, -0.2) is 11.2 Å². The van der Waals surface area contributed by atoms with Gasteiger partial charge in [0.1, 0.15) is 0 Å². The molecule has 0 bridgehead atoms. The van der Waals surface area contributed by atoms with Crippen LogP contribution in [-0.2, 0) is 6.42 Å². The van der Waals surface area contributed by atoms with Crippen LogP contribution >= 0.6 is 0 Å². The summed E-state index contributed by atoms with van der Waals surface area (Å²) < 4.78 is 21.2. The highest BCUT2D eigenvalue weighted by atomic mass is 19.1. The van der Waals surface area contributed by atoms with Crippen LogP contribution in [0.1, 0.15) is 37.1 Å². The zero-order valence-corrected chi connectivity index (χ0v) is 11.6. The fourth-order valence-electron chi connectivity index (χ4n) is 2.88. The maximum atomic E-state index is 14.0. The number of nitrogens with zero attached hydrogens (tertiary/aromatic N) is 1. The first-order chi connectivity index (χ1) is 9.70. The van der Waals surface area contributed by atoms with Crippen molar-refractivity contribution >= 4 is 0 Å². The molecular weight excluding hydrogens is 255 g/mol. The Bertz CT molecular complexity index is 621. The quantitative estimate of drug-likeness (QED) is 0.932. The van der Waals surface area contributed by atoms with Crippen molar-refractivity contribution in [2.75, 3.05) is 6.61 Å². The second-order valence-electron chi connectivity index (χ2n) is 5.13. The summed E-state index contributed by atoms with van der Waals surface area (Å²) in [7, 11) is 0. The molecule has 0 spiro atoms. The van der Waals surface area contributed by atoms with Crippen LogP contribution in [0.2, 0.25) is 0 Å². The minimum atomic E-state index is -0.327. The second-order valence-corrected chi connectivity index (χ2v) is 5.13.